The van der Waals surface area contributed by atoms with E-state index in [-0.39, 0.29) is 24.0 Å². The third-order valence-electron chi connectivity index (χ3n) is 4.52. The largest absolute Gasteiger partial charge is 0.496 e. The van der Waals surface area contributed by atoms with E-state index in [1.54, 1.807) is 54.6 Å². The second-order valence-corrected chi connectivity index (χ2v) is 8.17. The Morgan fingerprint density at radius 2 is 1.64 bits per heavy atom. The van der Waals surface area contributed by atoms with Gasteiger partial charge in [-0.05, 0) is 24.3 Å². The van der Waals surface area contributed by atoms with Crippen LogP contribution in [-0.4, -0.2) is 56.9 Å². The number of methoxy groups -OCH3 is 1. The first-order valence-electron chi connectivity index (χ1n) is 8.92. The van der Waals surface area contributed by atoms with Crippen molar-refractivity contribution in [3.63, 3.8) is 0 Å². The van der Waals surface area contributed by atoms with Crippen molar-refractivity contribution < 1.29 is 17.9 Å². The van der Waals surface area contributed by atoms with E-state index < -0.39 is 10.0 Å². The molecule has 0 bridgehead atoms. The number of nitrogens with one attached hydrogen (secondary N) is 1. The molecular formula is C20H23N3O4S. The van der Waals surface area contributed by atoms with Crippen molar-refractivity contribution >= 4 is 22.1 Å². The summed E-state index contributed by atoms with van der Waals surface area (Å²) in [6.45, 7) is 1.20. The van der Waals surface area contributed by atoms with Crippen LogP contribution < -0.4 is 10.1 Å². The van der Waals surface area contributed by atoms with E-state index in [4.69, 9.17) is 4.74 Å². The molecule has 2 aromatic carbocycles. The van der Waals surface area contributed by atoms with Crippen molar-refractivity contribution in [2.45, 2.75) is 4.90 Å². The third-order valence-corrected chi connectivity index (χ3v) is 6.43. The second-order valence-electron chi connectivity index (χ2n) is 6.23. The molecule has 0 aromatic heterocycles. The zero-order valence-corrected chi connectivity index (χ0v) is 16.4. The molecule has 1 saturated heterocycles. The highest BCUT2D eigenvalue weighted by atomic mass is 32.2. The molecule has 8 heteroatoms. The van der Waals surface area contributed by atoms with Crippen molar-refractivity contribution in [1.29, 1.82) is 0 Å². The Morgan fingerprint density at radius 1 is 1.00 bits per heavy atom. The zero-order valence-electron chi connectivity index (χ0n) is 15.6. The number of ether oxygens (including phenoxy) is 1. The summed E-state index contributed by atoms with van der Waals surface area (Å²) in [6, 6.07) is 15.6. The van der Waals surface area contributed by atoms with Crippen molar-refractivity contribution in [2.75, 3.05) is 33.3 Å². The minimum absolute atomic E-state index is 0.261. The van der Waals surface area contributed by atoms with Crippen LogP contribution in [0.3, 0.4) is 0 Å². The molecule has 1 aliphatic heterocycles. The van der Waals surface area contributed by atoms with Crippen molar-refractivity contribution in [3.8, 4) is 5.75 Å². The summed E-state index contributed by atoms with van der Waals surface area (Å²) in [7, 11) is -1.93. The highest BCUT2D eigenvalue weighted by Gasteiger charge is 2.29. The van der Waals surface area contributed by atoms with Crippen LogP contribution in [0.15, 0.2) is 65.7 Å². The van der Waals surface area contributed by atoms with E-state index in [9.17, 15) is 13.2 Å². The number of benzene rings is 2. The van der Waals surface area contributed by atoms with Gasteiger partial charge in [-0.15, -0.1) is 0 Å². The molecule has 0 aliphatic carbocycles. The first-order chi connectivity index (χ1) is 13.5. The van der Waals surface area contributed by atoms with Crippen LogP contribution in [0.5, 0.6) is 5.75 Å². The number of carbonyl (C=O) groups is 1. The van der Waals surface area contributed by atoms with Crippen LogP contribution in [0, 0.1) is 0 Å². The van der Waals surface area contributed by atoms with E-state index in [1.165, 1.54) is 4.31 Å². The van der Waals surface area contributed by atoms with Crippen molar-refractivity contribution in [1.82, 2.24) is 14.5 Å². The molecule has 2 aromatic rings. The summed E-state index contributed by atoms with van der Waals surface area (Å²) in [5, 5.41) is 2.72. The van der Waals surface area contributed by atoms with Gasteiger partial charge in [0, 0.05) is 37.9 Å². The number of urea groups is 1. The quantitative estimate of drug-likeness (QED) is 0.834. The van der Waals surface area contributed by atoms with Crippen LogP contribution in [-0.2, 0) is 10.0 Å². The number of amides is 2. The first kappa shape index (κ1) is 19.9. The van der Waals surface area contributed by atoms with Gasteiger partial charge in [-0.3, -0.25) is 0 Å². The summed E-state index contributed by atoms with van der Waals surface area (Å²) in [4.78, 5) is 14.2. The Morgan fingerprint density at radius 3 is 2.32 bits per heavy atom. The number of nitrogens with zero attached hydrogens (tertiary/aromatic N) is 2. The molecule has 148 valence electrons. The fourth-order valence-corrected chi connectivity index (χ4v) is 4.41. The zero-order chi connectivity index (χ0) is 20.0. The molecule has 1 heterocycles. The maximum atomic E-state index is 12.6. The van der Waals surface area contributed by atoms with Gasteiger partial charge in [0.05, 0.1) is 12.0 Å². The highest BCUT2D eigenvalue weighted by molar-refractivity contribution is 7.89. The minimum Gasteiger partial charge on any atom is -0.496 e. The minimum atomic E-state index is -3.52. The summed E-state index contributed by atoms with van der Waals surface area (Å²) in [6.07, 6.45) is 3.32. The maximum absolute atomic E-state index is 12.6. The van der Waals surface area contributed by atoms with Gasteiger partial charge in [-0.2, -0.15) is 4.31 Å². The van der Waals surface area contributed by atoms with Gasteiger partial charge in [-0.25, -0.2) is 13.2 Å². The van der Waals surface area contributed by atoms with Gasteiger partial charge in [0.15, 0.2) is 0 Å². The van der Waals surface area contributed by atoms with E-state index in [1.807, 2.05) is 24.3 Å². The van der Waals surface area contributed by atoms with Crippen LogP contribution in [0.1, 0.15) is 5.56 Å². The van der Waals surface area contributed by atoms with Gasteiger partial charge in [0.25, 0.3) is 0 Å². The van der Waals surface area contributed by atoms with Crippen LogP contribution in [0.2, 0.25) is 0 Å². The van der Waals surface area contributed by atoms with Gasteiger partial charge >= 0.3 is 6.03 Å². The number of rotatable bonds is 5. The fraction of sp³-hybridized carbons (Fsp3) is 0.250. The highest BCUT2D eigenvalue weighted by Crippen LogP contribution is 2.19. The van der Waals surface area contributed by atoms with Crippen LogP contribution in [0.25, 0.3) is 6.08 Å². The van der Waals surface area contributed by atoms with Gasteiger partial charge in [-0.1, -0.05) is 36.4 Å². The van der Waals surface area contributed by atoms with Gasteiger partial charge < -0.3 is 15.0 Å². The summed E-state index contributed by atoms with van der Waals surface area (Å²) < 4.78 is 31.9. The molecular weight excluding hydrogens is 378 g/mol. The normalized spacial score (nSPS) is 15.5. The molecule has 0 saturated carbocycles. The molecule has 28 heavy (non-hydrogen) atoms. The third kappa shape index (κ3) is 4.52. The standard InChI is InChI=1S/C20H23N3O4S/c1-27-19-10-6-5-7-17(19)11-12-21-20(24)22-13-15-23(16-14-22)28(25,26)18-8-3-2-4-9-18/h2-12H,13-16H2,1H3,(H,21,24)/b12-11+. The molecule has 7 nitrogen and oxygen atoms in total. The molecule has 3 rings (SSSR count). The Bertz CT molecular complexity index is 937. The molecule has 0 unspecified atom stereocenters. The Labute approximate surface area is 165 Å². The number of carbonyl (C=O) groups excluding carboxylic acids is 1. The van der Waals surface area contributed by atoms with Gasteiger partial charge in [0.1, 0.15) is 5.75 Å². The predicted octanol–water partition coefficient (Wildman–Crippen LogP) is 2.38. The number of hydrogen-bond acceptors (Lipinski definition) is 4. The number of hydrogen-bond donors (Lipinski definition) is 1. The van der Waals surface area contributed by atoms with E-state index >= 15 is 0 Å². The molecule has 1 fully saturated rings. The summed E-state index contributed by atoms with van der Waals surface area (Å²) in [5.74, 6) is 0.715. The predicted molar refractivity (Wildman–Crippen MR) is 107 cm³/mol. The molecule has 1 aliphatic rings. The Hall–Kier alpha value is -2.84. The van der Waals surface area contributed by atoms with E-state index in [0.29, 0.717) is 18.8 Å². The fourth-order valence-electron chi connectivity index (χ4n) is 2.97. The number of para-hydroxylation sites is 1. The average molecular weight is 401 g/mol. The Kier molecular flexibility index (Phi) is 6.33. The topological polar surface area (TPSA) is 79.0 Å². The summed E-state index contributed by atoms with van der Waals surface area (Å²) >= 11 is 0. The monoisotopic (exact) mass is 401 g/mol. The van der Waals surface area contributed by atoms with Gasteiger partial charge in [0.2, 0.25) is 10.0 Å². The van der Waals surface area contributed by atoms with Crippen LogP contribution in [0.4, 0.5) is 4.79 Å². The molecule has 0 radical (unpaired) electrons. The van der Waals surface area contributed by atoms with Crippen molar-refractivity contribution in [3.05, 3.63) is 66.4 Å². The lowest BCUT2D eigenvalue weighted by Gasteiger charge is -2.33. The smallest absolute Gasteiger partial charge is 0.321 e. The lowest BCUT2D eigenvalue weighted by molar-refractivity contribution is 0.175. The lowest BCUT2D eigenvalue weighted by atomic mass is 10.2. The first-order valence-corrected chi connectivity index (χ1v) is 10.4. The SMILES string of the molecule is COc1ccccc1/C=C/NC(=O)N1CCN(S(=O)(=O)c2ccccc2)CC1. The lowest BCUT2D eigenvalue weighted by Crippen LogP contribution is -2.52. The second kappa shape index (κ2) is 8.90. The van der Waals surface area contributed by atoms with E-state index in [2.05, 4.69) is 5.32 Å². The van der Waals surface area contributed by atoms with Crippen molar-refractivity contribution in [2.24, 2.45) is 0 Å². The van der Waals surface area contributed by atoms with Crippen LogP contribution >= 0.6 is 0 Å². The molecule has 2 amide bonds. The average Bonchev–Trinajstić information content (AvgIpc) is 2.74. The molecule has 0 atom stereocenters. The Balaban J connectivity index is 1.55. The molecule has 1 N–H and O–H groups in total. The van der Waals surface area contributed by atoms with E-state index in [0.717, 1.165) is 5.56 Å². The molecule has 0 spiro atoms. The number of sulfonamides is 1. The summed E-state index contributed by atoms with van der Waals surface area (Å²) in [5.41, 5.74) is 0.851. The number of piperazine rings is 1. The maximum Gasteiger partial charge on any atom is 0.321 e.